The Labute approximate surface area is 160 Å². The number of ether oxygens (including phenoxy) is 1. The predicted molar refractivity (Wildman–Crippen MR) is 109 cm³/mol. The van der Waals surface area contributed by atoms with Gasteiger partial charge in [-0.2, -0.15) is 0 Å². The van der Waals surface area contributed by atoms with Crippen molar-refractivity contribution in [2.75, 3.05) is 6.61 Å². The van der Waals surface area contributed by atoms with Crippen LogP contribution >= 0.6 is 0 Å². The standard InChI is InChI=1S/2C11H20O2/c1-4-7-8-10(5-2)9-13-11(12)6-3;1-3-4-5-6-7-8-9-10(2)11(12)13/h6,10H,3-5,7-9H2,1-2H3;2-9H2,1H3,(H,12,13). The molecule has 0 rings (SSSR count). The number of rotatable bonds is 15. The summed E-state index contributed by atoms with van der Waals surface area (Å²) in [5.74, 6) is -0.646. The Kier molecular flexibility index (Phi) is 20.2. The van der Waals surface area contributed by atoms with E-state index in [0.29, 0.717) is 24.5 Å². The van der Waals surface area contributed by atoms with E-state index >= 15 is 0 Å². The third kappa shape index (κ3) is 18.8. The van der Waals surface area contributed by atoms with E-state index in [1.807, 2.05) is 0 Å². The minimum absolute atomic E-state index is 0.310. The van der Waals surface area contributed by atoms with Crippen LogP contribution in [0, 0.1) is 5.92 Å². The minimum atomic E-state index is -0.853. The zero-order valence-corrected chi connectivity index (χ0v) is 17.2. The van der Waals surface area contributed by atoms with Crippen LogP contribution < -0.4 is 0 Å². The topological polar surface area (TPSA) is 63.6 Å². The fraction of sp³-hybridized carbons (Fsp3) is 0.727. The maximum Gasteiger partial charge on any atom is 0.330 e. The highest BCUT2D eigenvalue weighted by atomic mass is 16.5. The van der Waals surface area contributed by atoms with Gasteiger partial charge in [0.2, 0.25) is 0 Å². The van der Waals surface area contributed by atoms with E-state index in [0.717, 1.165) is 25.7 Å². The fourth-order valence-corrected chi connectivity index (χ4v) is 2.38. The van der Waals surface area contributed by atoms with E-state index in [4.69, 9.17) is 9.84 Å². The Morgan fingerprint density at radius 2 is 1.58 bits per heavy atom. The molecule has 0 aromatic heterocycles. The number of hydrogen-bond acceptors (Lipinski definition) is 3. The number of carbonyl (C=O) groups excluding carboxylic acids is 1. The first-order valence-electron chi connectivity index (χ1n) is 10.1. The molecular formula is C22H40O4. The van der Waals surface area contributed by atoms with E-state index in [1.54, 1.807) is 0 Å². The van der Waals surface area contributed by atoms with Gasteiger partial charge >= 0.3 is 11.9 Å². The van der Waals surface area contributed by atoms with Crippen molar-refractivity contribution in [2.24, 2.45) is 5.92 Å². The SMILES string of the molecule is C=C(CCCCCCCC)C(=O)O.C=CC(=O)OCC(CC)CCCC. The second-order valence-corrected chi connectivity index (χ2v) is 6.68. The smallest absolute Gasteiger partial charge is 0.330 e. The highest BCUT2D eigenvalue weighted by Crippen LogP contribution is 2.13. The third-order valence-corrected chi connectivity index (χ3v) is 4.31. The Morgan fingerprint density at radius 3 is 2.08 bits per heavy atom. The largest absolute Gasteiger partial charge is 0.478 e. The molecule has 0 aromatic rings. The second-order valence-electron chi connectivity index (χ2n) is 6.68. The number of carboxylic acid groups (broad SMARTS) is 1. The van der Waals surface area contributed by atoms with Crippen LogP contribution in [0.5, 0.6) is 0 Å². The average Bonchev–Trinajstić information content (AvgIpc) is 2.64. The van der Waals surface area contributed by atoms with Crippen LogP contribution in [0.3, 0.4) is 0 Å². The normalized spacial score (nSPS) is 11.0. The maximum atomic E-state index is 10.8. The van der Waals surface area contributed by atoms with Gasteiger partial charge in [-0.25, -0.2) is 9.59 Å². The molecule has 0 bridgehead atoms. The molecule has 4 nitrogen and oxygen atoms in total. The molecule has 0 aromatic carbocycles. The molecular weight excluding hydrogens is 328 g/mol. The fourth-order valence-electron chi connectivity index (χ4n) is 2.38. The Morgan fingerprint density at radius 1 is 1.00 bits per heavy atom. The summed E-state index contributed by atoms with van der Waals surface area (Å²) in [6.45, 7) is 13.9. The number of unbranched alkanes of at least 4 members (excludes halogenated alkanes) is 6. The summed E-state index contributed by atoms with van der Waals surface area (Å²) in [4.78, 5) is 21.1. The van der Waals surface area contributed by atoms with Gasteiger partial charge in [-0.3, -0.25) is 0 Å². The molecule has 0 saturated heterocycles. The summed E-state index contributed by atoms with van der Waals surface area (Å²) in [5, 5.41) is 8.52. The first-order valence-corrected chi connectivity index (χ1v) is 10.1. The summed E-state index contributed by atoms with van der Waals surface area (Å²) in [5.41, 5.74) is 0.343. The molecule has 0 spiro atoms. The van der Waals surface area contributed by atoms with Gasteiger partial charge in [-0.15, -0.1) is 0 Å². The van der Waals surface area contributed by atoms with Crippen LogP contribution in [-0.2, 0) is 14.3 Å². The summed E-state index contributed by atoms with van der Waals surface area (Å²) in [6, 6.07) is 0. The number of esters is 1. The predicted octanol–water partition coefficient (Wildman–Crippen LogP) is 6.31. The van der Waals surface area contributed by atoms with Gasteiger partial charge in [-0.05, 0) is 25.2 Å². The quantitative estimate of drug-likeness (QED) is 0.209. The molecule has 1 N–H and O–H groups in total. The molecule has 4 heteroatoms. The Bertz CT molecular complexity index is 388. The van der Waals surface area contributed by atoms with Crippen LogP contribution in [0.25, 0.3) is 0 Å². The van der Waals surface area contributed by atoms with Crippen molar-refractivity contribution in [3.8, 4) is 0 Å². The summed E-state index contributed by atoms with van der Waals surface area (Å²) in [7, 11) is 0. The van der Waals surface area contributed by atoms with Gasteiger partial charge in [0.25, 0.3) is 0 Å². The molecule has 26 heavy (non-hydrogen) atoms. The van der Waals surface area contributed by atoms with Crippen LogP contribution in [-0.4, -0.2) is 23.7 Å². The first kappa shape index (κ1) is 26.6. The second kappa shape index (κ2) is 19.7. The van der Waals surface area contributed by atoms with E-state index < -0.39 is 5.97 Å². The molecule has 0 fully saturated rings. The summed E-state index contributed by atoms with van der Waals surface area (Å²) < 4.78 is 4.98. The van der Waals surface area contributed by atoms with Crippen molar-refractivity contribution in [1.29, 1.82) is 0 Å². The average molecular weight is 369 g/mol. The van der Waals surface area contributed by atoms with Crippen molar-refractivity contribution in [3.63, 3.8) is 0 Å². The van der Waals surface area contributed by atoms with E-state index in [1.165, 1.54) is 44.6 Å². The molecule has 0 heterocycles. The molecule has 0 radical (unpaired) electrons. The zero-order valence-electron chi connectivity index (χ0n) is 17.2. The van der Waals surface area contributed by atoms with Gasteiger partial charge in [0.15, 0.2) is 0 Å². The number of aliphatic carboxylic acids is 1. The lowest BCUT2D eigenvalue weighted by molar-refractivity contribution is -0.139. The molecule has 1 unspecified atom stereocenters. The number of carbonyl (C=O) groups is 2. The summed E-state index contributed by atoms with van der Waals surface area (Å²) in [6.07, 6.45) is 13.6. The third-order valence-electron chi connectivity index (χ3n) is 4.31. The molecule has 1 atom stereocenters. The maximum absolute atomic E-state index is 10.8. The molecule has 0 saturated carbocycles. The number of hydrogen-bond donors (Lipinski definition) is 1. The minimum Gasteiger partial charge on any atom is -0.478 e. The van der Waals surface area contributed by atoms with Crippen molar-refractivity contribution in [3.05, 3.63) is 24.8 Å². The highest BCUT2D eigenvalue weighted by molar-refractivity contribution is 5.85. The molecule has 152 valence electrons. The van der Waals surface area contributed by atoms with E-state index in [2.05, 4.69) is 33.9 Å². The van der Waals surface area contributed by atoms with Crippen molar-refractivity contribution >= 4 is 11.9 Å². The molecule has 0 aliphatic carbocycles. The lowest BCUT2D eigenvalue weighted by Crippen LogP contribution is -2.12. The molecule has 0 aliphatic heterocycles. The van der Waals surface area contributed by atoms with Gasteiger partial charge < -0.3 is 9.84 Å². The lowest BCUT2D eigenvalue weighted by atomic mass is 10.0. The van der Waals surface area contributed by atoms with Crippen LogP contribution in [0.2, 0.25) is 0 Å². The van der Waals surface area contributed by atoms with Gasteiger partial charge in [0, 0.05) is 11.6 Å². The van der Waals surface area contributed by atoms with Crippen LogP contribution in [0.1, 0.15) is 91.4 Å². The molecule has 0 aliphatic rings. The van der Waals surface area contributed by atoms with Crippen molar-refractivity contribution in [2.45, 2.75) is 91.4 Å². The van der Waals surface area contributed by atoms with Crippen LogP contribution in [0.4, 0.5) is 0 Å². The summed E-state index contributed by atoms with van der Waals surface area (Å²) >= 11 is 0. The van der Waals surface area contributed by atoms with Gasteiger partial charge in [0.05, 0.1) is 6.61 Å². The lowest BCUT2D eigenvalue weighted by Gasteiger charge is -2.13. The van der Waals surface area contributed by atoms with Gasteiger partial charge in [0.1, 0.15) is 0 Å². The van der Waals surface area contributed by atoms with Crippen molar-refractivity contribution in [1.82, 2.24) is 0 Å². The first-order chi connectivity index (χ1) is 12.4. The van der Waals surface area contributed by atoms with Gasteiger partial charge in [-0.1, -0.05) is 85.3 Å². The van der Waals surface area contributed by atoms with E-state index in [9.17, 15) is 9.59 Å². The van der Waals surface area contributed by atoms with E-state index in [-0.39, 0.29) is 5.97 Å². The highest BCUT2D eigenvalue weighted by Gasteiger charge is 2.07. The molecule has 0 amide bonds. The Hall–Kier alpha value is -1.58. The van der Waals surface area contributed by atoms with Crippen LogP contribution in [0.15, 0.2) is 24.8 Å². The van der Waals surface area contributed by atoms with Crippen molar-refractivity contribution < 1.29 is 19.4 Å². The monoisotopic (exact) mass is 368 g/mol. The number of carboxylic acids is 1. The Balaban J connectivity index is 0. The zero-order chi connectivity index (χ0) is 20.2.